The molecule has 24 heavy (non-hydrogen) atoms. The van der Waals surface area contributed by atoms with Gasteiger partial charge in [0.1, 0.15) is 17.2 Å². The second-order valence-corrected chi connectivity index (χ2v) is 6.44. The van der Waals surface area contributed by atoms with Crippen LogP contribution in [-0.2, 0) is 4.74 Å². The van der Waals surface area contributed by atoms with Crippen molar-refractivity contribution in [2.24, 2.45) is 5.92 Å². The number of hydrogen-bond acceptors (Lipinski definition) is 6. The van der Waals surface area contributed by atoms with Gasteiger partial charge >= 0.3 is 0 Å². The molecule has 1 atom stereocenters. The lowest BCUT2D eigenvalue weighted by Gasteiger charge is -2.41. The number of piperazine rings is 1. The molecule has 0 amide bonds. The number of phenols is 1. The Morgan fingerprint density at radius 1 is 1.17 bits per heavy atom. The standard InChI is InChI=1S/C18H28N2O4/c1-22-14-11-15(21)17(16(12-14)23-2)18(13-3-9-24-10-4-13)20-7-5-19-6-8-20/h11-13,18-19,21H,3-10H2,1-2H3/t18-/m1/s1. The third kappa shape index (κ3) is 3.61. The van der Waals surface area contributed by atoms with Crippen molar-refractivity contribution in [3.63, 3.8) is 0 Å². The van der Waals surface area contributed by atoms with Crippen molar-refractivity contribution >= 4 is 0 Å². The summed E-state index contributed by atoms with van der Waals surface area (Å²) in [4.78, 5) is 2.47. The number of phenolic OH excluding ortho intramolecular Hbond substituents is 1. The molecule has 0 radical (unpaired) electrons. The largest absolute Gasteiger partial charge is 0.507 e. The van der Waals surface area contributed by atoms with Crippen LogP contribution < -0.4 is 14.8 Å². The smallest absolute Gasteiger partial charge is 0.131 e. The van der Waals surface area contributed by atoms with Crippen LogP contribution in [0.1, 0.15) is 24.4 Å². The topological polar surface area (TPSA) is 63.2 Å². The minimum absolute atomic E-state index is 0.136. The van der Waals surface area contributed by atoms with E-state index < -0.39 is 0 Å². The summed E-state index contributed by atoms with van der Waals surface area (Å²) in [6, 6.07) is 3.69. The number of nitrogens with zero attached hydrogens (tertiary/aromatic N) is 1. The lowest BCUT2D eigenvalue weighted by atomic mass is 9.84. The van der Waals surface area contributed by atoms with E-state index in [0.717, 1.165) is 57.8 Å². The second-order valence-electron chi connectivity index (χ2n) is 6.44. The predicted octanol–water partition coefficient (Wildman–Crippen LogP) is 1.78. The number of benzene rings is 1. The van der Waals surface area contributed by atoms with E-state index in [4.69, 9.17) is 14.2 Å². The van der Waals surface area contributed by atoms with Crippen LogP contribution in [0.15, 0.2) is 12.1 Å². The molecule has 0 aliphatic carbocycles. The fraction of sp³-hybridized carbons (Fsp3) is 0.667. The average molecular weight is 336 g/mol. The Morgan fingerprint density at radius 3 is 2.50 bits per heavy atom. The summed E-state index contributed by atoms with van der Waals surface area (Å²) >= 11 is 0. The number of rotatable bonds is 5. The fourth-order valence-electron chi connectivity index (χ4n) is 3.88. The van der Waals surface area contributed by atoms with Crippen LogP contribution in [0.25, 0.3) is 0 Å². The molecule has 6 nitrogen and oxygen atoms in total. The van der Waals surface area contributed by atoms with Gasteiger partial charge in [-0.1, -0.05) is 0 Å². The molecule has 2 N–H and O–H groups in total. The average Bonchev–Trinajstić information content (AvgIpc) is 2.64. The Hall–Kier alpha value is -1.50. The summed E-state index contributed by atoms with van der Waals surface area (Å²) in [5, 5.41) is 14.1. The third-order valence-corrected chi connectivity index (χ3v) is 5.10. The maximum absolute atomic E-state index is 10.7. The highest BCUT2D eigenvalue weighted by atomic mass is 16.5. The van der Waals surface area contributed by atoms with Gasteiger partial charge in [-0.25, -0.2) is 0 Å². The molecule has 2 aliphatic heterocycles. The first kappa shape index (κ1) is 17.3. The Kier molecular flexibility index (Phi) is 5.81. The molecule has 0 spiro atoms. The zero-order valence-electron chi connectivity index (χ0n) is 14.6. The van der Waals surface area contributed by atoms with Crippen LogP contribution in [0, 0.1) is 5.92 Å². The minimum atomic E-state index is 0.136. The van der Waals surface area contributed by atoms with E-state index in [9.17, 15) is 5.11 Å². The third-order valence-electron chi connectivity index (χ3n) is 5.10. The van der Waals surface area contributed by atoms with Gasteiger partial charge in [0, 0.05) is 57.6 Å². The fourth-order valence-corrected chi connectivity index (χ4v) is 3.88. The van der Waals surface area contributed by atoms with Crippen LogP contribution in [0.4, 0.5) is 0 Å². The Balaban J connectivity index is 2.00. The van der Waals surface area contributed by atoms with E-state index >= 15 is 0 Å². The Labute approximate surface area is 143 Å². The van der Waals surface area contributed by atoms with Crippen LogP contribution >= 0.6 is 0 Å². The van der Waals surface area contributed by atoms with Crippen molar-refractivity contribution in [1.29, 1.82) is 0 Å². The number of aromatic hydroxyl groups is 1. The predicted molar refractivity (Wildman–Crippen MR) is 91.9 cm³/mol. The number of methoxy groups -OCH3 is 2. The first-order valence-corrected chi connectivity index (χ1v) is 8.72. The summed E-state index contributed by atoms with van der Waals surface area (Å²) in [6.07, 6.45) is 2.01. The molecule has 3 rings (SSSR count). The first-order chi connectivity index (χ1) is 11.7. The van der Waals surface area contributed by atoms with Crippen molar-refractivity contribution in [2.45, 2.75) is 18.9 Å². The Bertz CT molecular complexity index is 522. The van der Waals surface area contributed by atoms with Gasteiger partial charge in [-0.05, 0) is 18.8 Å². The van der Waals surface area contributed by atoms with Gasteiger partial charge in [0.25, 0.3) is 0 Å². The summed E-state index contributed by atoms with van der Waals surface area (Å²) in [6.45, 7) is 5.45. The molecular formula is C18H28N2O4. The Morgan fingerprint density at radius 2 is 1.88 bits per heavy atom. The molecule has 134 valence electrons. The summed E-state index contributed by atoms with van der Waals surface area (Å²) in [7, 11) is 3.25. The molecule has 0 saturated carbocycles. The summed E-state index contributed by atoms with van der Waals surface area (Å²) in [5.74, 6) is 2.01. The van der Waals surface area contributed by atoms with Gasteiger partial charge in [0.05, 0.1) is 19.8 Å². The second kappa shape index (κ2) is 8.05. The highest BCUT2D eigenvalue weighted by Gasteiger charge is 2.35. The SMILES string of the molecule is COc1cc(O)c([C@@H](C2CCOCC2)N2CCNCC2)c(OC)c1. The molecule has 2 saturated heterocycles. The molecule has 2 fully saturated rings. The quantitative estimate of drug-likeness (QED) is 0.855. The first-order valence-electron chi connectivity index (χ1n) is 8.72. The van der Waals surface area contributed by atoms with Crippen LogP contribution in [0.5, 0.6) is 17.2 Å². The van der Waals surface area contributed by atoms with Crippen molar-refractivity contribution in [3.05, 3.63) is 17.7 Å². The van der Waals surface area contributed by atoms with Crippen molar-refractivity contribution in [3.8, 4) is 17.2 Å². The molecule has 0 aromatic heterocycles. The molecule has 0 bridgehead atoms. The minimum Gasteiger partial charge on any atom is -0.507 e. The monoisotopic (exact) mass is 336 g/mol. The van der Waals surface area contributed by atoms with Crippen molar-refractivity contribution in [1.82, 2.24) is 10.2 Å². The van der Waals surface area contributed by atoms with E-state index in [0.29, 0.717) is 17.4 Å². The number of ether oxygens (including phenoxy) is 3. The zero-order chi connectivity index (χ0) is 16.9. The van der Waals surface area contributed by atoms with E-state index in [1.54, 1.807) is 20.3 Å². The molecule has 0 unspecified atom stereocenters. The molecule has 2 aliphatic rings. The highest BCUT2D eigenvalue weighted by molar-refractivity contribution is 5.52. The van der Waals surface area contributed by atoms with Gasteiger partial charge in [-0.2, -0.15) is 0 Å². The van der Waals surface area contributed by atoms with Gasteiger partial charge in [0.15, 0.2) is 0 Å². The molecule has 2 heterocycles. The zero-order valence-corrected chi connectivity index (χ0v) is 14.6. The van der Waals surface area contributed by atoms with E-state index in [-0.39, 0.29) is 11.8 Å². The molecular weight excluding hydrogens is 308 g/mol. The molecule has 1 aromatic rings. The maximum Gasteiger partial charge on any atom is 0.131 e. The summed E-state index contributed by atoms with van der Waals surface area (Å²) in [5.41, 5.74) is 0.882. The van der Waals surface area contributed by atoms with Crippen molar-refractivity contribution in [2.75, 3.05) is 53.6 Å². The van der Waals surface area contributed by atoms with E-state index in [1.165, 1.54) is 0 Å². The number of hydrogen-bond donors (Lipinski definition) is 2. The van der Waals surface area contributed by atoms with Crippen molar-refractivity contribution < 1.29 is 19.3 Å². The van der Waals surface area contributed by atoms with Gasteiger partial charge in [-0.15, -0.1) is 0 Å². The van der Waals surface area contributed by atoms with Gasteiger partial charge in [-0.3, -0.25) is 4.90 Å². The van der Waals surface area contributed by atoms with Crippen LogP contribution in [0.3, 0.4) is 0 Å². The van der Waals surface area contributed by atoms with E-state index in [1.807, 2.05) is 6.07 Å². The van der Waals surface area contributed by atoms with Gasteiger partial charge in [0.2, 0.25) is 0 Å². The summed E-state index contributed by atoms with van der Waals surface area (Å²) < 4.78 is 16.4. The molecule has 1 aromatic carbocycles. The lowest BCUT2D eigenvalue weighted by molar-refractivity contribution is 0.0199. The lowest BCUT2D eigenvalue weighted by Crippen LogP contribution is -2.47. The van der Waals surface area contributed by atoms with E-state index in [2.05, 4.69) is 10.2 Å². The molecule has 6 heteroatoms. The van der Waals surface area contributed by atoms with Gasteiger partial charge < -0.3 is 24.6 Å². The van der Waals surface area contributed by atoms with Crippen LogP contribution in [0.2, 0.25) is 0 Å². The highest BCUT2D eigenvalue weighted by Crippen LogP contribution is 2.45. The maximum atomic E-state index is 10.7. The number of nitrogens with one attached hydrogen (secondary N) is 1. The normalized spacial score (nSPS) is 21.4. The van der Waals surface area contributed by atoms with Crippen LogP contribution in [-0.4, -0.2) is 63.6 Å².